The van der Waals surface area contributed by atoms with Crippen LogP contribution < -0.4 is 11.1 Å². The van der Waals surface area contributed by atoms with E-state index in [1.807, 2.05) is 13.0 Å². The third kappa shape index (κ3) is 3.04. The Labute approximate surface area is 134 Å². The first-order valence-electron chi connectivity index (χ1n) is 7.93. The lowest BCUT2D eigenvalue weighted by molar-refractivity contribution is -0.154. The molecule has 0 atom stereocenters. The maximum Gasteiger partial charge on any atom is 0.313 e. The number of hydrogen-bond acceptors (Lipinski definition) is 7. The van der Waals surface area contributed by atoms with Gasteiger partial charge in [-0.05, 0) is 31.9 Å². The minimum atomic E-state index is -0.464. The Hall–Kier alpha value is -2.44. The molecule has 1 saturated carbocycles. The summed E-state index contributed by atoms with van der Waals surface area (Å²) in [6, 6.07) is 3.55. The fourth-order valence-electron chi connectivity index (χ4n) is 3.14. The van der Waals surface area contributed by atoms with Crippen LogP contribution in [0.1, 0.15) is 32.6 Å². The van der Waals surface area contributed by atoms with Gasteiger partial charge < -0.3 is 15.8 Å². The van der Waals surface area contributed by atoms with Crippen molar-refractivity contribution in [2.24, 2.45) is 5.41 Å². The molecule has 1 aliphatic rings. The molecular formula is C16H21N5O2. The van der Waals surface area contributed by atoms with Crippen molar-refractivity contribution in [1.29, 1.82) is 0 Å². The summed E-state index contributed by atoms with van der Waals surface area (Å²) in [5.41, 5.74) is 5.77. The standard InChI is InChI=1S/C16H21N5O2/c1-2-23-15(22)16(7-3-4-8-16)9-18-13-11-5-6-12(17)21-14(11)20-10-19-13/h5-6,10H,2-4,7-9H2,1H3,(H3,17,18,19,20,21). The zero-order chi connectivity index (χ0) is 16.3. The van der Waals surface area contributed by atoms with Crippen LogP contribution in [-0.4, -0.2) is 34.1 Å². The van der Waals surface area contributed by atoms with E-state index in [0.717, 1.165) is 31.1 Å². The lowest BCUT2D eigenvalue weighted by atomic mass is 9.86. The van der Waals surface area contributed by atoms with Crippen molar-refractivity contribution in [3.05, 3.63) is 18.5 Å². The minimum Gasteiger partial charge on any atom is -0.466 e. The molecule has 23 heavy (non-hydrogen) atoms. The Balaban J connectivity index is 1.83. The molecule has 0 saturated heterocycles. The number of hydrogen-bond donors (Lipinski definition) is 2. The van der Waals surface area contributed by atoms with Crippen molar-refractivity contribution < 1.29 is 9.53 Å². The highest BCUT2D eigenvalue weighted by molar-refractivity contribution is 5.87. The van der Waals surface area contributed by atoms with E-state index < -0.39 is 5.41 Å². The monoisotopic (exact) mass is 315 g/mol. The number of carbonyl (C=O) groups excluding carboxylic acids is 1. The fraction of sp³-hybridized carbons (Fsp3) is 0.500. The number of aromatic nitrogens is 3. The van der Waals surface area contributed by atoms with E-state index in [-0.39, 0.29) is 5.97 Å². The van der Waals surface area contributed by atoms with E-state index in [0.29, 0.717) is 30.4 Å². The quantitative estimate of drug-likeness (QED) is 0.815. The van der Waals surface area contributed by atoms with Crippen LogP contribution in [0.2, 0.25) is 0 Å². The van der Waals surface area contributed by atoms with Crippen LogP contribution >= 0.6 is 0 Å². The molecule has 0 unspecified atom stereocenters. The summed E-state index contributed by atoms with van der Waals surface area (Å²) < 4.78 is 5.28. The summed E-state index contributed by atoms with van der Waals surface area (Å²) >= 11 is 0. The Bertz CT molecular complexity index is 713. The van der Waals surface area contributed by atoms with Crippen molar-refractivity contribution in [2.75, 3.05) is 24.2 Å². The lowest BCUT2D eigenvalue weighted by Crippen LogP contribution is -2.37. The van der Waals surface area contributed by atoms with Gasteiger partial charge in [0, 0.05) is 6.54 Å². The van der Waals surface area contributed by atoms with Crippen LogP contribution in [0.3, 0.4) is 0 Å². The Morgan fingerprint density at radius 1 is 1.35 bits per heavy atom. The number of anilines is 2. The summed E-state index contributed by atoms with van der Waals surface area (Å²) in [6.07, 6.45) is 5.22. The van der Waals surface area contributed by atoms with Gasteiger partial charge in [0.2, 0.25) is 0 Å². The van der Waals surface area contributed by atoms with Crippen LogP contribution in [0.25, 0.3) is 11.0 Å². The molecule has 0 aromatic carbocycles. The summed E-state index contributed by atoms with van der Waals surface area (Å²) in [6.45, 7) is 2.74. The van der Waals surface area contributed by atoms with Gasteiger partial charge in [-0.3, -0.25) is 4.79 Å². The molecule has 0 aliphatic heterocycles. The molecule has 2 aromatic rings. The molecule has 122 valence electrons. The number of nitrogens with zero attached hydrogens (tertiary/aromatic N) is 3. The normalized spacial score (nSPS) is 16.4. The van der Waals surface area contributed by atoms with E-state index in [1.54, 1.807) is 6.07 Å². The highest BCUT2D eigenvalue weighted by Gasteiger charge is 2.42. The number of fused-ring (bicyclic) bond motifs is 1. The second kappa shape index (κ2) is 6.36. The predicted molar refractivity (Wildman–Crippen MR) is 87.8 cm³/mol. The van der Waals surface area contributed by atoms with Crippen LogP contribution in [0.5, 0.6) is 0 Å². The molecule has 3 N–H and O–H groups in total. The zero-order valence-corrected chi connectivity index (χ0v) is 13.2. The van der Waals surface area contributed by atoms with Gasteiger partial charge in [0.1, 0.15) is 18.0 Å². The maximum atomic E-state index is 12.4. The van der Waals surface area contributed by atoms with Crippen LogP contribution in [-0.2, 0) is 9.53 Å². The minimum absolute atomic E-state index is 0.120. The first-order chi connectivity index (χ1) is 11.1. The Morgan fingerprint density at radius 3 is 2.87 bits per heavy atom. The average Bonchev–Trinajstić information content (AvgIpc) is 3.03. The van der Waals surface area contributed by atoms with Gasteiger partial charge in [0.05, 0.1) is 17.4 Å². The number of nitrogens with two attached hydrogens (primary N) is 1. The molecule has 1 aliphatic carbocycles. The molecule has 0 spiro atoms. The highest BCUT2D eigenvalue weighted by Crippen LogP contribution is 2.39. The van der Waals surface area contributed by atoms with Gasteiger partial charge in [-0.2, -0.15) is 0 Å². The molecule has 0 amide bonds. The van der Waals surface area contributed by atoms with Crippen molar-refractivity contribution in [2.45, 2.75) is 32.6 Å². The number of nitrogens with one attached hydrogen (secondary N) is 1. The maximum absolute atomic E-state index is 12.4. The van der Waals surface area contributed by atoms with Crippen LogP contribution in [0, 0.1) is 5.41 Å². The smallest absolute Gasteiger partial charge is 0.313 e. The van der Waals surface area contributed by atoms with E-state index in [9.17, 15) is 4.79 Å². The van der Waals surface area contributed by atoms with Crippen molar-refractivity contribution in [3.63, 3.8) is 0 Å². The van der Waals surface area contributed by atoms with E-state index in [1.165, 1.54) is 6.33 Å². The third-order valence-corrected chi connectivity index (χ3v) is 4.38. The highest BCUT2D eigenvalue weighted by atomic mass is 16.5. The average molecular weight is 315 g/mol. The molecular weight excluding hydrogens is 294 g/mol. The number of ether oxygens (including phenoxy) is 1. The predicted octanol–water partition coefficient (Wildman–Crippen LogP) is 2.14. The van der Waals surface area contributed by atoms with Crippen LogP contribution in [0.4, 0.5) is 11.6 Å². The van der Waals surface area contributed by atoms with E-state index >= 15 is 0 Å². The van der Waals surface area contributed by atoms with Crippen LogP contribution in [0.15, 0.2) is 18.5 Å². The summed E-state index contributed by atoms with van der Waals surface area (Å²) in [7, 11) is 0. The van der Waals surface area contributed by atoms with Gasteiger partial charge >= 0.3 is 5.97 Å². The third-order valence-electron chi connectivity index (χ3n) is 4.38. The van der Waals surface area contributed by atoms with Gasteiger partial charge in [0.15, 0.2) is 5.65 Å². The second-order valence-corrected chi connectivity index (χ2v) is 5.89. The molecule has 2 aromatic heterocycles. The topological polar surface area (TPSA) is 103 Å². The molecule has 2 heterocycles. The molecule has 7 heteroatoms. The van der Waals surface area contributed by atoms with Gasteiger partial charge in [0.25, 0.3) is 0 Å². The summed E-state index contributed by atoms with van der Waals surface area (Å²) in [5, 5.41) is 4.09. The number of rotatable bonds is 5. The number of pyridine rings is 1. The van der Waals surface area contributed by atoms with Crippen molar-refractivity contribution >= 4 is 28.6 Å². The van der Waals surface area contributed by atoms with Gasteiger partial charge in [-0.1, -0.05) is 12.8 Å². The molecule has 0 bridgehead atoms. The van der Waals surface area contributed by atoms with Crippen molar-refractivity contribution in [1.82, 2.24) is 15.0 Å². The summed E-state index contributed by atoms with van der Waals surface area (Å²) in [4.78, 5) is 25.0. The first-order valence-corrected chi connectivity index (χ1v) is 7.93. The van der Waals surface area contributed by atoms with Gasteiger partial charge in [-0.15, -0.1) is 0 Å². The molecule has 3 rings (SSSR count). The van der Waals surface area contributed by atoms with Gasteiger partial charge in [-0.25, -0.2) is 15.0 Å². The zero-order valence-electron chi connectivity index (χ0n) is 13.2. The van der Waals surface area contributed by atoms with Crippen molar-refractivity contribution in [3.8, 4) is 0 Å². The van der Waals surface area contributed by atoms with E-state index in [4.69, 9.17) is 10.5 Å². The second-order valence-electron chi connectivity index (χ2n) is 5.89. The number of carbonyl (C=O) groups is 1. The largest absolute Gasteiger partial charge is 0.466 e. The molecule has 0 radical (unpaired) electrons. The Kier molecular flexibility index (Phi) is 4.27. The van der Waals surface area contributed by atoms with E-state index in [2.05, 4.69) is 20.3 Å². The number of nitrogen functional groups attached to an aromatic ring is 1. The SMILES string of the molecule is CCOC(=O)C1(CNc2ncnc3nc(N)ccc23)CCCC1. The fourth-order valence-corrected chi connectivity index (χ4v) is 3.14. The number of esters is 1. The first kappa shape index (κ1) is 15.5. The summed E-state index contributed by atoms with van der Waals surface area (Å²) in [5.74, 6) is 0.963. The molecule has 1 fully saturated rings. The Morgan fingerprint density at radius 2 is 2.13 bits per heavy atom. The molecule has 7 nitrogen and oxygen atoms in total. The lowest BCUT2D eigenvalue weighted by Gasteiger charge is -2.27.